The Morgan fingerprint density at radius 3 is 2.56 bits per heavy atom. The molecule has 0 aliphatic rings. The highest BCUT2D eigenvalue weighted by atomic mass is 35.5. The number of carbonyl (C=O) groups is 1. The number of nitrogens with one attached hydrogen (secondary N) is 2. The van der Waals surface area contributed by atoms with Crippen molar-refractivity contribution in [3.63, 3.8) is 0 Å². The Hall–Kier alpha value is -2.32. The van der Waals surface area contributed by atoms with Crippen LogP contribution in [0.2, 0.25) is 10.0 Å². The van der Waals surface area contributed by atoms with Crippen molar-refractivity contribution in [2.24, 2.45) is 0 Å². The van der Waals surface area contributed by atoms with Crippen molar-refractivity contribution < 1.29 is 17.6 Å². The third-order valence-corrected chi connectivity index (χ3v) is 5.54. The van der Waals surface area contributed by atoms with E-state index in [1.165, 1.54) is 36.6 Å². The Bertz CT molecular complexity index is 1070. The smallest absolute Gasteiger partial charge is 0.257 e. The maximum atomic E-state index is 12.4. The van der Waals surface area contributed by atoms with Crippen LogP contribution in [0.25, 0.3) is 0 Å². The van der Waals surface area contributed by atoms with Crippen LogP contribution in [0.4, 0.5) is 5.69 Å². The maximum Gasteiger partial charge on any atom is 0.257 e. The van der Waals surface area contributed by atoms with Gasteiger partial charge in [0.1, 0.15) is 5.76 Å². The molecule has 9 heteroatoms. The van der Waals surface area contributed by atoms with Crippen molar-refractivity contribution in [3.05, 3.63) is 82.2 Å². The lowest BCUT2D eigenvalue weighted by Gasteiger charge is -2.10. The summed E-state index contributed by atoms with van der Waals surface area (Å²) in [5.41, 5.74) is 0.539. The van der Waals surface area contributed by atoms with Crippen molar-refractivity contribution in [2.45, 2.75) is 11.4 Å². The number of sulfonamides is 1. The van der Waals surface area contributed by atoms with Crippen LogP contribution in [-0.2, 0) is 16.6 Å². The summed E-state index contributed by atoms with van der Waals surface area (Å²) in [6.07, 6.45) is 1.46. The van der Waals surface area contributed by atoms with Crippen LogP contribution in [-0.4, -0.2) is 14.3 Å². The number of carbonyl (C=O) groups excluding carboxylic acids is 1. The van der Waals surface area contributed by atoms with Crippen molar-refractivity contribution in [1.82, 2.24) is 4.72 Å². The van der Waals surface area contributed by atoms with Gasteiger partial charge in [0.2, 0.25) is 10.0 Å². The molecule has 0 atom stereocenters. The van der Waals surface area contributed by atoms with Gasteiger partial charge in [0, 0.05) is 10.7 Å². The first-order chi connectivity index (χ1) is 12.8. The average Bonchev–Trinajstić information content (AvgIpc) is 3.14. The molecule has 0 spiro atoms. The monoisotopic (exact) mass is 424 g/mol. The molecule has 2 aromatic carbocycles. The Balaban J connectivity index is 1.75. The topological polar surface area (TPSA) is 88.4 Å². The number of halogens is 2. The van der Waals surface area contributed by atoms with Crippen molar-refractivity contribution >= 4 is 44.8 Å². The molecular formula is C18H14Cl2N2O4S. The highest BCUT2D eigenvalue weighted by molar-refractivity contribution is 7.89. The van der Waals surface area contributed by atoms with Crippen LogP contribution in [0.15, 0.2) is 70.2 Å². The van der Waals surface area contributed by atoms with E-state index in [4.69, 9.17) is 27.6 Å². The summed E-state index contributed by atoms with van der Waals surface area (Å²) >= 11 is 11.8. The fourth-order valence-electron chi connectivity index (χ4n) is 2.28. The van der Waals surface area contributed by atoms with E-state index in [2.05, 4.69) is 10.0 Å². The summed E-state index contributed by atoms with van der Waals surface area (Å²) in [6, 6.07) is 13.7. The van der Waals surface area contributed by atoms with E-state index >= 15 is 0 Å². The second kappa shape index (κ2) is 8.14. The molecule has 27 heavy (non-hydrogen) atoms. The summed E-state index contributed by atoms with van der Waals surface area (Å²) in [5.74, 6) is 0.00942. The zero-order valence-corrected chi connectivity index (χ0v) is 16.1. The normalized spacial score (nSPS) is 11.3. The van der Waals surface area contributed by atoms with E-state index in [0.717, 1.165) is 0 Å². The van der Waals surface area contributed by atoms with Gasteiger partial charge in [0.05, 0.1) is 28.3 Å². The molecule has 140 valence electrons. The van der Waals surface area contributed by atoms with Gasteiger partial charge in [-0.15, -0.1) is 0 Å². The molecule has 0 aliphatic carbocycles. The van der Waals surface area contributed by atoms with Gasteiger partial charge in [-0.1, -0.05) is 29.3 Å². The van der Waals surface area contributed by atoms with E-state index in [-0.39, 0.29) is 22.0 Å². The minimum atomic E-state index is -3.78. The zero-order chi connectivity index (χ0) is 19.4. The standard InChI is InChI=1S/C18H14Cl2N2O4S/c19-12-6-7-16(17(20)9-12)18(23)22-13-3-1-5-15(10-13)27(24,25)21-11-14-4-2-8-26-14/h1-10,21H,11H2,(H,22,23). The Morgan fingerprint density at radius 1 is 1.04 bits per heavy atom. The lowest BCUT2D eigenvalue weighted by atomic mass is 10.2. The molecule has 0 radical (unpaired) electrons. The second-order valence-corrected chi connectivity index (χ2v) is 8.12. The van der Waals surface area contributed by atoms with Crippen LogP contribution in [0.1, 0.15) is 16.1 Å². The van der Waals surface area contributed by atoms with Gasteiger partial charge in [0.25, 0.3) is 5.91 Å². The number of anilines is 1. The molecule has 1 aromatic heterocycles. The highest BCUT2D eigenvalue weighted by Crippen LogP contribution is 2.23. The highest BCUT2D eigenvalue weighted by Gasteiger charge is 2.16. The molecule has 0 aliphatic heterocycles. The summed E-state index contributed by atoms with van der Waals surface area (Å²) in [5, 5.41) is 3.23. The molecule has 0 saturated carbocycles. The lowest BCUT2D eigenvalue weighted by Crippen LogP contribution is -2.23. The largest absolute Gasteiger partial charge is 0.468 e. The predicted molar refractivity (Wildman–Crippen MR) is 104 cm³/mol. The Morgan fingerprint density at radius 2 is 1.85 bits per heavy atom. The van der Waals surface area contributed by atoms with E-state index in [9.17, 15) is 13.2 Å². The summed E-state index contributed by atoms with van der Waals surface area (Å²) in [6.45, 7) is 0.0201. The Labute approximate surface area is 166 Å². The van der Waals surface area contributed by atoms with Crippen molar-refractivity contribution in [3.8, 4) is 0 Å². The molecule has 0 fully saturated rings. The van der Waals surface area contributed by atoms with Gasteiger partial charge in [-0.3, -0.25) is 4.79 Å². The predicted octanol–water partition coefficient (Wildman–Crippen LogP) is 4.32. The number of hydrogen-bond acceptors (Lipinski definition) is 4. The molecule has 0 saturated heterocycles. The number of amides is 1. The first kappa shape index (κ1) is 19.4. The second-order valence-electron chi connectivity index (χ2n) is 5.51. The molecule has 0 unspecified atom stereocenters. The minimum Gasteiger partial charge on any atom is -0.468 e. The molecular weight excluding hydrogens is 411 g/mol. The molecule has 3 rings (SSSR count). The van der Waals surface area contributed by atoms with Crippen LogP contribution >= 0.6 is 23.2 Å². The SMILES string of the molecule is O=C(Nc1cccc(S(=O)(=O)NCc2ccco2)c1)c1ccc(Cl)cc1Cl. The van der Waals surface area contributed by atoms with Crippen molar-refractivity contribution in [1.29, 1.82) is 0 Å². The third-order valence-electron chi connectivity index (χ3n) is 3.59. The molecule has 0 bridgehead atoms. The summed E-state index contributed by atoms with van der Waals surface area (Å²) in [7, 11) is -3.78. The van der Waals surface area contributed by atoms with Gasteiger partial charge in [0.15, 0.2) is 0 Å². The first-order valence-corrected chi connectivity index (χ1v) is 9.97. The van der Waals surface area contributed by atoms with Crippen LogP contribution < -0.4 is 10.0 Å². The maximum absolute atomic E-state index is 12.4. The average molecular weight is 425 g/mol. The van der Waals surface area contributed by atoms with Gasteiger partial charge < -0.3 is 9.73 Å². The molecule has 3 aromatic rings. The minimum absolute atomic E-state index is 0.00839. The first-order valence-electron chi connectivity index (χ1n) is 7.74. The zero-order valence-electron chi connectivity index (χ0n) is 13.8. The van der Waals surface area contributed by atoms with Gasteiger partial charge in [-0.05, 0) is 48.5 Å². The van der Waals surface area contributed by atoms with E-state index in [1.54, 1.807) is 24.3 Å². The van der Waals surface area contributed by atoms with E-state index in [1.807, 2.05) is 0 Å². The van der Waals surface area contributed by atoms with Crippen LogP contribution in [0.3, 0.4) is 0 Å². The van der Waals surface area contributed by atoms with Crippen LogP contribution in [0, 0.1) is 0 Å². The lowest BCUT2D eigenvalue weighted by molar-refractivity contribution is 0.102. The van der Waals surface area contributed by atoms with Gasteiger partial charge >= 0.3 is 0 Å². The van der Waals surface area contributed by atoms with E-state index < -0.39 is 15.9 Å². The van der Waals surface area contributed by atoms with Crippen molar-refractivity contribution in [2.75, 3.05) is 5.32 Å². The number of rotatable bonds is 6. The number of furan rings is 1. The molecule has 6 nitrogen and oxygen atoms in total. The number of hydrogen-bond donors (Lipinski definition) is 2. The molecule has 2 N–H and O–H groups in total. The third kappa shape index (κ3) is 4.90. The summed E-state index contributed by atoms with van der Waals surface area (Å²) in [4.78, 5) is 12.4. The van der Waals surface area contributed by atoms with Gasteiger partial charge in [-0.2, -0.15) is 0 Å². The summed E-state index contributed by atoms with van der Waals surface area (Å²) < 4.78 is 32.4. The quantitative estimate of drug-likeness (QED) is 0.616. The van der Waals surface area contributed by atoms with Gasteiger partial charge in [-0.25, -0.2) is 13.1 Å². The Kier molecular flexibility index (Phi) is 5.86. The van der Waals surface area contributed by atoms with Crippen LogP contribution in [0.5, 0.6) is 0 Å². The molecule has 1 heterocycles. The van der Waals surface area contributed by atoms with E-state index in [0.29, 0.717) is 16.5 Å². The fourth-order valence-corrected chi connectivity index (χ4v) is 3.81. The number of benzene rings is 2. The molecule has 1 amide bonds. The fraction of sp³-hybridized carbons (Fsp3) is 0.0556.